The van der Waals surface area contributed by atoms with E-state index in [0.29, 0.717) is 18.9 Å². The average molecular weight is 341 g/mol. The molecule has 0 fully saturated rings. The monoisotopic (exact) mass is 340 g/mol. The van der Waals surface area contributed by atoms with E-state index in [1.54, 1.807) is 7.05 Å². The largest absolute Gasteiger partial charge is 0.342 e. The highest BCUT2D eigenvalue weighted by molar-refractivity contribution is 6.33. The third kappa shape index (κ3) is 5.41. The van der Waals surface area contributed by atoms with Crippen molar-refractivity contribution in [3.05, 3.63) is 34.4 Å². The Labute approximate surface area is 134 Å². The van der Waals surface area contributed by atoms with Gasteiger partial charge < -0.3 is 10.6 Å². The van der Waals surface area contributed by atoms with Crippen molar-refractivity contribution in [2.45, 2.75) is 26.3 Å². The van der Waals surface area contributed by atoms with E-state index in [9.17, 15) is 13.6 Å². The quantitative estimate of drug-likeness (QED) is 0.834. The number of amides is 1. The zero-order valence-corrected chi connectivity index (χ0v) is 13.8. The minimum Gasteiger partial charge on any atom is -0.342 e. The third-order valence-electron chi connectivity index (χ3n) is 3.24. The van der Waals surface area contributed by atoms with Crippen molar-refractivity contribution in [2.75, 3.05) is 13.6 Å². The van der Waals surface area contributed by atoms with Gasteiger partial charge in [-0.05, 0) is 24.5 Å². The van der Waals surface area contributed by atoms with Gasteiger partial charge in [0, 0.05) is 19.6 Å². The first-order chi connectivity index (χ1) is 9.23. The summed E-state index contributed by atoms with van der Waals surface area (Å²) in [7, 11) is 1.58. The summed E-state index contributed by atoms with van der Waals surface area (Å²) in [5, 5.41) is -0.103. The molecule has 0 heterocycles. The fourth-order valence-electron chi connectivity index (χ4n) is 1.67. The van der Waals surface area contributed by atoms with Crippen molar-refractivity contribution in [2.24, 2.45) is 11.7 Å². The number of hydrogen-bond acceptors (Lipinski definition) is 2. The Morgan fingerprint density at radius 1 is 1.33 bits per heavy atom. The van der Waals surface area contributed by atoms with Crippen LogP contribution in [0.25, 0.3) is 0 Å². The van der Waals surface area contributed by atoms with Crippen LogP contribution < -0.4 is 5.73 Å². The normalized spacial score (nSPS) is 12.0. The number of nitrogens with two attached hydrogens (primary N) is 1. The van der Waals surface area contributed by atoms with E-state index in [1.807, 2.05) is 13.8 Å². The fourth-order valence-corrected chi connectivity index (χ4v) is 1.90. The molecule has 1 aromatic carbocycles. The number of benzene rings is 1. The number of carbonyl (C=O) groups is 1. The first kappa shape index (κ1) is 20.1. The topological polar surface area (TPSA) is 46.3 Å². The summed E-state index contributed by atoms with van der Waals surface area (Å²) in [5.74, 6) is -2.31. The highest BCUT2D eigenvalue weighted by atomic mass is 35.5. The Hall–Kier alpha value is -0.910. The lowest BCUT2D eigenvalue weighted by atomic mass is 10.0. The van der Waals surface area contributed by atoms with Crippen molar-refractivity contribution in [1.82, 2.24) is 4.90 Å². The van der Waals surface area contributed by atoms with Crippen LogP contribution in [0.3, 0.4) is 0 Å². The molecule has 0 aromatic heterocycles. The summed E-state index contributed by atoms with van der Waals surface area (Å²) in [6, 6.07) is 1.60. The first-order valence-electron chi connectivity index (χ1n) is 6.39. The predicted octanol–water partition coefficient (Wildman–Crippen LogP) is 3.49. The van der Waals surface area contributed by atoms with Gasteiger partial charge in [-0.25, -0.2) is 8.78 Å². The van der Waals surface area contributed by atoms with Crippen LogP contribution in [0.5, 0.6) is 0 Å². The summed E-state index contributed by atoms with van der Waals surface area (Å²) < 4.78 is 26.1. The summed E-state index contributed by atoms with van der Waals surface area (Å²) >= 11 is 5.77. The molecule has 0 spiro atoms. The zero-order valence-electron chi connectivity index (χ0n) is 12.2. The van der Waals surface area contributed by atoms with Crippen LogP contribution in [-0.4, -0.2) is 30.4 Å². The van der Waals surface area contributed by atoms with Gasteiger partial charge in [0.25, 0.3) is 5.91 Å². The van der Waals surface area contributed by atoms with Crippen molar-refractivity contribution in [1.29, 1.82) is 0 Å². The van der Waals surface area contributed by atoms with Crippen LogP contribution >= 0.6 is 24.0 Å². The van der Waals surface area contributed by atoms with Crippen molar-refractivity contribution in [3.8, 4) is 0 Å². The van der Waals surface area contributed by atoms with Crippen LogP contribution in [0.4, 0.5) is 8.78 Å². The van der Waals surface area contributed by atoms with Crippen molar-refractivity contribution in [3.63, 3.8) is 0 Å². The van der Waals surface area contributed by atoms with E-state index in [4.69, 9.17) is 17.3 Å². The molecule has 1 rings (SSSR count). The van der Waals surface area contributed by atoms with Gasteiger partial charge in [0.05, 0.1) is 10.6 Å². The smallest absolute Gasteiger partial charge is 0.255 e. The van der Waals surface area contributed by atoms with Gasteiger partial charge in [-0.3, -0.25) is 4.79 Å². The molecule has 0 aliphatic carbocycles. The van der Waals surface area contributed by atoms with Gasteiger partial charge in [0.15, 0.2) is 11.6 Å². The lowest BCUT2D eigenvalue weighted by Gasteiger charge is -2.22. The van der Waals surface area contributed by atoms with Gasteiger partial charge >= 0.3 is 0 Å². The van der Waals surface area contributed by atoms with E-state index in [1.165, 1.54) is 4.90 Å². The van der Waals surface area contributed by atoms with Crippen LogP contribution in [0, 0.1) is 17.6 Å². The predicted molar refractivity (Wildman–Crippen MR) is 83.0 cm³/mol. The Bertz CT molecular complexity index is 498. The van der Waals surface area contributed by atoms with Gasteiger partial charge in [-0.2, -0.15) is 0 Å². The second kappa shape index (κ2) is 8.51. The third-order valence-corrected chi connectivity index (χ3v) is 3.55. The fraction of sp³-hybridized carbons (Fsp3) is 0.500. The highest BCUT2D eigenvalue weighted by Crippen LogP contribution is 2.21. The maximum atomic E-state index is 13.2. The molecule has 120 valence electrons. The lowest BCUT2D eigenvalue weighted by molar-refractivity contribution is 0.0788. The molecule has 0 bridgehead atoms. The highest BCUT2D eigenvalue weighted by Gasteiger charge is 2.19. The second-order valence-corrected chi connectivity index (χ2v) is 5.58. The molecule has 7 heteroatoms. The minimum atomic E-state index is -1.09. The molecule has 1 atom stereocenters. The minimum absolute atomic E-state index is 0. The molecule has 0 radical (unpaired) electrons. The molecule has 1 aromatic rings. The van der Waals surface area contributed by atoms with Crippen LogP contribution in [0.1, 0.15) is 30.6 Å². The maximum absolute atomic E-state index is 13.2. The van der Waals surface area contributed by atoms with Crippen molar-refractivity contribution >= 4 is 29.9 Å². The summed E-state index contributed by atoms with van der Waals surface area (Å²) in [4.78, 5) is 13.5. The molecule has 0 saturated heterocycles. The molecule has 2 N–H and O–H groups in total. The van der Waals surface area contributed by atoms with Crippen LogP contribution in [0.2, 0.25) is 5.02 Å². The van der Waals surface area contributed by atoms with Gasteiger partial charge in [0.1, 0.15) is 0 Å². The lowest BCUT2D eigenvalue weighted by Crippen LogP contribution is -2.34. The van der Waals surface area contributed by atoms with E-state index in [2.05, 4.69) is 0 Å². The van der Waals surface area contributed by atoms with Gasteiger partial charge in [-0.1, -0.05) is 25.4 Å². The number of halogens is 4. The first-order valence-corrected chi connectivity index (χ1v) is 6.77. The standard InChI is InChI=1S/C14H19ClF2N2O.ClH/c1-8(2)13(18)4-5-19(3)14(20)9-6-11(16)12(17)7-10(9)15;/h6-8,13H,4-5,18H2,1-3H3;1H. The van der Waals surface area contributed by atoms with Crippen LogP contribution in [-0.2, 0) is 0 Å². The SMILES string of the molecule is CC(C)C(N)CCN(C)C(=O)c1cc(F)c(F)cc1Cl.Cl. The molecule has 1 unspecified atom stereocenters. The number of nitrogens with zero attached hydrogens (tertiary/aromatic N) is 1. The van der Waals surface area contributed by atoms with Crippen molar-refractivity contribution < 1.29 is 13.6 Å². The Kier molecular flexibility index (Phi) is 8.14. The Morgan fingerprint density at radius 2 is 1.86 bits per heavy atom. The Morgan fingerprint density at radius 3 is 2.38 bits per heavy atom. The van der Waals surface area contributed by atoms with Gasteiger partial charge in [-0.15, -0.1) is 12.4 Å². The molecule has 0 saturated carbocycles. The summed E-state index contributed by atoms with van der Waals surface area (Å²) in [5.41, 5.74) is 5.85. The summed E-state index contributed by atoms with van der Waals surface area (Å²) in [6.07, 6.45) is 0.626. The molecule has 3 nitrogen and oxygen atoms in total. The molecule has 0 aliphatic rings. The average Bonchev–Trinajstić information content (AvgIpc) is 2.38. The summed E-state index contributed by atoms with van der Waals surface area (Å²) in [6.45, 7) is 4.42. The maximum Gasteiger partial charge on any atom is 0.255 e. The molecular formula is C14H20Cl2F2N2O. The van der Waals surface area contributed by atoms with E-state index in [0.717, 1.165) is 12.1 Å². The molecular weight excluding hydrogens is 321 g/mol. The second-order valence-electron chi connectivity index (χ2n) is 5.17. The van der Waals surface area contributed by atoms with Gasteiger partial charge in [0.2, 0.25) is 0 Å². The zero-order chi connectivity index (χ0) is 15.4. The Balaban J connectivity index is 0.00000400. The number of hydrogen-bond donors (Lipinski definition) is 1. The van der Waals surface area contributed by atoms with Crippen LogP contribution in [0.15, 0.2) is 12.1 Å². The van der Waals surface area contributed by atoms with E-state index >= 15 is 0 Å². The molecule has 21 heavy (non-hydrogen) atoms. The number of carbonyl (C=O) groups excluding carboxylic acids is 1. The van der Waals surface area contributed by atoms with E-state index < -0.39 is 17.5 Å². The molecule has 1 amide bonds. The number of rotatable bonds is 5. The molecule has 0 aliphatic heterocycles. The van der Waals surface area contributed by atoms with E-state index in [-0.39, 0.29) is 29.0 Å².